The monoisotopic (exact) mass is 227 g/mol. The van der Waals surface area contributed by atoms with E-state index in [4.69, 9.17) is 4.74 Å². The molecule has 0 bridgehead atoms. The Bertz CT molecular complexity index is 191. The summed E-state index contributed by atoms with van der Waals surface area (Å²) < 4.78 is 5.45. The van der Waals surface area contributed by atoms with Crippen molar-refractivity contribution < 1.29 is 4.74 Å². The van der Waals surface area contributed by atoms with E-state index in [0.29, 0.717) is 0 Å². The summed E-state index contributed by atoms with van der Waals surface area (Å²) in [6.45, 7) is 7.55. The average Bonchev–Trinajstić information content (AvgIpc) is 2.71. The van der Waals surface area contributed by atoms with Crippen LogP contribution in [0.1, 0.15) is 59.3 Å². The van der Waals surface area contributed by atoms with Gasteiger partial charge in [0, 0.05) is 19.7 Å². The summed E-state index contributed by atoms with van der Waals surface area (Å²) in [6.07, 6.45) is 8.30. The summed E-state index contributed by atoms with van der Waals surface area (Å²) in [5.74, 6) is 0.910. The zero-order chi connectivity index (χ0) is 12.0. The van der Waals surface area contributed by atoms with Crippen LogP contribution in [0.25, 0.3) is 0 Å². The van der Waals surface area contributed by atoms with E-state index in [1.807, 2.05) is 0 Å². The minimum absolute atomic E-state index is 0.0299. The van der Waals surface area contributed by atoms with Crippen molar-refractivity contribution in [2.75, 3.05) is 13.7 Å². The molecule has 1 aliphatic carbocycles. The van der Waals surface area contributed by atoms with Gasteiger partial charge in [-0.15, -0.1) is 0 Å². The van der Waals surface area contributed by atoms with Crippen molar-refractivity contribution >= 4 is 0 Å². The lowest BCUT2D eigenvalue weighted by Gasteiger charge is -2.28. The number of ether oxygens (including phenoxy) is 1. The van der Waals surface area contributed by atoms with Crippen LogP contribution in [0, 0.1) is 5.92 Å². The van der Waals surface area contributed by atoms with Crippen LogP contribution in [0.5, 0.6) is 0 Å². The highest BCUT2D eigenvalue weighted by Crippen LogP contribution is 2.30. The Morgan fingerprint density at radius 1 is 1.31 bits per heavy atom. The van der Waals surface area contributed by atoms with E-state index < -0.39 is 0 Å². The molecule has 0 spiro atoms. The first-order valence-corrected chi connectivity index (χ1v) is 6.87. The van der Waals surface area contributed by atoms with Gasteiger partial charge in [-0.1, -0.05) is 26.2 Å². The number of rotatable bonds is 7. The van der Waals surface area contributed by atoms with Crippen molar-refractivity contribution in [1.29, 1.82) is 0 Å². The summed E-state index contributed by atoms with van der Waals surface area (Å²) in [5, 5.41) is 3.71. The molecular weight excluding hydrogens is 198 g/mol. The van der Waals surface area contributed by atoms with E-state index in [9.17, 15) is 0 Å². The Hall–Kier alpha value is -0.0800. The highest BCUT2D eigenvalue weighted by molar-refractivity contribution is 4.85. The molecule has 1 rings (SSSR count). The molecule has 0 heterocycles. The predicted molar refractivity (Wildman–Crippen MR) is 69.7 cm³/mol. The third-order valence-corrected chi connectivity index (χ3v) is 3.93. The first-order valence-electron chi connectivity index (χ1n) is 6.87. The van der Waals surface area contributed by atoms with E-state index in [-0.39, 0.29) is 5.60 Å². The molecule has 2 unspecified atom stereocenters. The fraction of sp³-hybridized carbons (Fsp3) is 1.00. The van der Waals surface area contributed by atoms with Gasteiger partial charge in [0.25, 0.3) is 0 Å². The molecule has 0 aromatic heterocycles. The van der Waals surface area contributed by atoms with Crippen LogP contribution in [0.15, 0.2) is 0 Å². The fourth-order valence-corrected chi connectivity index (χ4v) is 2.57. The summed E-state index contributed by atoms with van der Waals surface area (Å²) in [5.41, 5.74) is -0.0299. The summed E-state index contributed by atoms with van der Waals surface area (Å²) >= 11 is 0. The molecule has 0 aromatic rings. The van der Waals surface area contributed by atoms with Crippen LogP contribution in [0.3, 0.4) is 0 Å². The molecule has 0 aliphatic heterocycles. The van der Waals surface area contributed by atoms with E-state index in [0.717, 1.165) is 18.5 Å². The molecule has 2 atom stereocenters. The van der Waals surface area contributed by atoms with Gasteiger partial charge >= 0.3 is 0 Å². The largest absolute Gasteiger partial charge is 0.377 e. The molecule has 1 aliphatic rings. The highest BCUT2D eigenvalue weighted by Gasteiger charge is 2.28. The number of hydrogen-bond donors (Lipinski definition) is 1. The van der Waals surface area contributed by atoms with Crippen molar-refractivity contribution in [2.24, 2.45) is 5.92 Å². The zero-order valence-electron chi connectivity index (χ0n) is 11.5. The molecular formula is C14H29NO. The first kappa shape index (κ1) is 14.0. The molecule has 2 nitrogen and oxygen atoms in total. The standard InChI is InChI=1S/C14H29NO/c1-5-6-8-12-9-7-10-13(12)15-11-14(2,3)16-4/h12-13,15H,5-11H2,1-4H3. The van der Waals surface area contributed by atoms with Crippen LogP contribution in [0.2, 0.25) is 0 Å². The molecule has 0 aromatic carbocycles. The molecule has 1 saturated carbocycles. The van der Waals surface area contributed by atoms with E-state index >= 15 is 0 Å². The van der Waals surface area contributed by atoms with Gasteiger partial charge in [0.1, 0.15) is 0 Å². The van der Waals surface area contributed by atoms with Gasteiger partial charge in [0.05, 0.1) is 5.60 Å². The molecule has 2 heteroatoms. The van der Waals surface area contributed by atoms with E-state index in [2.05, 4.69) is 26.1 Å². The lowest BCUT2D eigenvalue weighted by Crippen LogP contribution is -2.43. The molecule has 1 N–H and O–H groups in total. The van der Waals surface area contributed by atoms with Gasteiger partial charge in [0.15, 0.2) is 0 Å². The highest BCUT2D eigenvalue weighted by atomic mass is 16.5. The number of hydrogen-bond acceptors (Lipinski definition) is 2. The number of nitrogens with one attached hydrogen (secondary N) is 1. The normalized spacial score (nSPS) is 26.2. The second-order valence-electron chi connectivity index (χ2n) is 5.78. The molecule has 0 saturated heterocycles. The lowest BCUT2D eigenvalue weighted by atomic mass is 9.96. The third-order valence-electron chi connectivity index (χ3n) is 3.93. The number of methoxy groups -OCH3 is 1. The first-order chi connectivity index (χ1) is 7.59. The number of unbranched alkanes of at least 4 members (excludes halogenated alkanes) is 1. The Morgan fingerprint density at radius 3 is 2.69 bits per heavy atom. The van der Waals surface area contributed by atoms with Crippen molar-refractivity contribution in [3.05, 3.63) is 0 Å². The van der Waals surface area contributed by atoms with Gasteiger partial charge in [-0.25, -0.2) is 0 Å². The maximum atomic E-state index is 5.45. The summed E-state index contributed by atoms with van der Waals surface area (Å²) in [4.78, 5) is 0. The topological polar surface area (TPSA) is 21.3 Å². The minimum Gasteiger partial charge on any atom is -0.377 e. The molecule has 96 valence electrons. The van der Waals surface area contributed by atoms with Gasteiger partial charge in [-0.05, 0) is 39.0 Å². The second kappa shape index (κ2) is 6.61. The summed E-state index contributed by atoms with van der Waals surface area (Å²) in [6, 6.07) is 0.737. The minimum atomic E-state index is -0.0299. The SMILES string of the molecule is CCCCC1CCCC1NCC(C)(C)OC. The molecule has 1 fully saturated rings. The smallest absolute Gasteiger partial charge is 0.0746 e. The van der Waals surface area contributed by atoms with Gasteiger partial charge in [0.2, 0.25) is 0 Å². The molecule has 16 heavy (non-hydrogen) atoms. The maximum Gasteiger partial charge on any atom is 0.0746 e. The average molecular weight is 227 g/mol. The van der Waals surface area contributed by atoms with Crippen LogP contribution in [-0.2, 0) is 4.74 Å². The van der Waals surface area contributed by atoms with Gasteiger partial charge < -0.3 is 10.1 Å². The van der Waals surface area contributed by atoms with Crippen LogP contribution in [0.4, 0.5) is 0 Å². The molecule has 0 radical (unpaired) electrons. The molecule has 0 amide bonds. The van der Waals surface area contributed by atoms with E-state index in [1.165, 1.54) is 38.5 Å². The van der Waals surface area contributed by atoms with E-state index in [1.54, 1.807) is 7.11 Å². The summed E-state index contributed by atoms with van der Waals surface area (Å²) in [7, 11) is 1.80. The third kappa shape index (κ3) is 4.42. The quantitative estimate of drug-likeness (QED) is 0.720. The van der Waals surface area contributed by atoms with Crippen molar-refractivity contribution in [3.63, 3.8) is 0 Å². The van der Waals surface area contributed by atoms with Crippen molar-refractivity contribution in [1.82, 2.24) is 5.32 Å². The Kier molecular flexibility index (Phi) is 5.77. The van der Waals surface area contributed by atoms with Gasteiger partial charge in [-0.3, -0.25) is 0 Å². The van der Waals surface area contributed by atoms with Crippen molar-refractivity contribution in [2.45, 2.75) is 70.9 Å². The second-order valence-corrected chi connectivity index (χ2v) is 5.78. The Labute approximate surface area is 101 Å². The maximum absolute atomic E-state index is 5.45. The van der Waals surface area contributed by atoms with Crippen LogP contribution >= 0.6 is 0 Å². The van der Waals surface area contributed by atoms with Crippen LogP contribution < -0.4 is 5.32 Å². The van der Waals surface area contributed by atoms with Gasteiger partial charge in [-0.2, -0.15) is 0 Å². The van der Waals surface area contributed by atoms with Crippen molar-refractivity contribution in [3.8, 4) is 0 Å². The Balaban J connectivity index is 2.29. The Morgan fingerprint density at radius 2 is 2.06 bits per heavy atom. The van der Waals surface area contributed by atoms with Crippen LogP contribution in [-0.4, -0.2) is 25.3 Å². The lowest BCUT2D eigenvalue weighted by molar-refractivity contribution is 0.0199. The zero-order valence-corrected chi connectivity index (χ0v) is 11.5. The fourth-order valence-electron chi connectivity index (χ4n) is 2.57. The predicted octanol–water partition coefficient (Wildman–Crippen LogP) is 3.36.